The number of anilines is 1. The Hall–Kier alpha value is -2.17. The van der Waals surface area contributed by atoms with Crippen LogP contribution in [0.4, 0.5) is 5.13 Å². The van der Waals surface area contributed by atoms with Gasteiger partial charge in [-0.15, -0.1) is 11.3 Å². The second-order valence-corrected chi connectivity index (χ2v) is 8.92. The maximum Gasteiger partial charge on any atom is 0.244 e. The van der Waals surface area contributed by atoms with Gasteiger partial charge in [-0.05, 0) is 25.0 Å². The molecule has 1 aromatic carbocycles. The Morgan fingerprint density at radius 3 is 2.78 bits per heavy atom. The van der Waals surface area contributed by atoms with E-state index in [1.54, 1.807) is 26.4 Å². The smallest absolute Gasteiger partial charge is 0.244 e. The Morgan fingerprint density at radius 2 is 2.11 bits per heavy atom. The van der Waals surface area contributed by atoms with E-state index < -0.39 is 16.1 Å². The fourth-order valence-corrected chi connectivity index (χ4v) is 4.89. The van der Waals surface area contributed by atoms with Gasteiger partial charge in [0, 0.05) is 23.6 Å². The molecule has 2 heterocycles. The van der Waals surface area contributed by atoms with Crippen LogP contribution in [-0.2, 0) is 14.8 Å². The summed E-state index contributed by atoms with van der Waals surface area (Å²) in [5.74, 6) is 0.915. The van der Waals surface area contributed by atoms with Crippen LogP contribution >= 0.6 is 11.3 Å². The Labute approximate surface area is 162 Å². The molecule has 1 atom stereocenters. The normalized spacial score (nSPS) is 17.7. The molecule has 0 radical (unpaired) electrons. The lowest BCUT2D eigenvalue weighted by Gasteiger charge is -2.20. The van der Waals surface area contributed by atoms with E-state index in [1.807, 2.05) is 11.4 Å². The molecule has 1 saturated heterocycles. The first-order chi connectivity index (χ1) is 12.8. The van der Waals surface area contributed by atoms with Crippen molar-refractivity contribution in [2.75, 3.05) is 32.3 Å². The van der Waals surface area contributed by atoms with E-state index >= 15 is 0 Å². The van der Waals surface area contributed by atoms with Crippen LogP contribution in [0.15, 0.2) is 23.6 Å². The van der Waals surface area contributed by atoms with Crippen molar-refractivity contribution in [2.24, 2.45) is 0 Å². The molecule has 1 aliphatic rings. The van der Waals surface area contributed by atoms with Crippen molar-refractivity contribution in [3.05, 3.63) is 23.6 Å². The number of methoxy groups -OCH3 is 2. The number of hydrogen-bond acceptors (Lipinski definition) is 7. The molecule has 1 amide bonds. The van der Waals surface area contributed by atoms with Gasteiger partial charge in [-0.3, -0.25) is 4.79 Å². The number of sulfonamides is 1. The number of aromatic nitrogens is 1. The summed E-state index contributed by atoms with van der Waals surface area (Å²) >= 11 is 1.27. The van der Waals surface area contributed by atoms with Crippen LogP contribution in [-0.4, -0.2) is 56.7 Å². The van der Waals surface area contributed by atoms with Gasteiger partial charge < -0.3 is 14.8 Å². The third-order valence-corrected chi connectivity index (χ3v) is 6.40. The quantitative estimate of drug-likeness (QED) is 0.783. The van der Waals surface area contributed by atoms with Crippen molar-refractivity contribution >= 4 is 32.4 Å². The number of amides is 1. The van der Waals surface area contributed by atoms with Crippen molar-refractivity contribution in [1.82, 2.24) is 9.29 Å². The molecule has 146 valence electrons. The first kappa shape index (κ1) is 19.6. The molecule has 0 bridgehead atoms. The Balaban J connectivity index is 1.78. The van der Waals surface area contributed by atoms with Crippen LogP contribution in [0.25, 0.3) is 11.3 Å². The highest BCUT2D eigenvalue weighted by Gasteiger charge is 2.36. The van der Waals surface area contributed by atoms with Crippen LogP contribution in [0.2, 0.25) is 0 Å². The molecule has 0 saturated carbocycles. The number of nitrogens with zero attached hydrogens (tertiary/aromatic N) is 2. The van der Waals surface area contributed by atoms with Gasteiger partial charge in [0.15, 0.2) is 5.13 Å². The summed E-state index contributed by atoms with van der Waals surface area (Å²) in [4.78, 5) is 17.0. The number of rotatable bonds is 6. The zero-order valence-corrected chi connectivity index (χ0v) is 16.9. The maximum absolute atomic E-state index is 12.5. The number of hydrogen-bond donors (Lipinski definition) is 1. The predicted octanol–water partition coefficient (Wildman–Crippen LogP) is 2.19. The lowest BCUT2D eigenvalue weighted by molar-refractivity contribution is -0.119. The molecular formula is C17H21N3O5S2. The van der Waals surface area contributed by atoms with Crippen molar-refractivity contribution in [1.29, 1.82) is 0 Å². The topological polar surface area (TPSA) is 97.8 Å². The van der Waals surface area contributed by atoms with Gasteiger partial charge in [0.2, 0.25) is 15.9 Å². The minimum absolute atomic E-state index is 0.361. The number of nitrogens with one attached hydrogen (secondary N) is 1. The van der Waals surface area contributed by atoms with Gasteiger partial charge in [0.1, 0.15) is 17.5 Å². The van der Waals surface area contributed by atoms with E-state index in [-0.39, 0.29) is 5.91 Å². The summed E-state index contributed by atoms with van der Waals surface area (Å²) in [5, 5.41) is 4.95. The molecule has 1 aromatic heterocycles. The third-order valence-electron chi connectivity index (χ3n) is 4.35. The minimum Gasteiger partial charge on any atom is -0.497 e. The summed E-state index contributed by atoms with van der Waals surface area (Å²) in [7, 11) is -0.276. The van der Waals surface area contributed by atoms with Crippen LogP contribution in [0, 0.1) is 0 Å². The van der Waals surface area contributed by atoms with Crippen molar-refractivity contribution < 1.29 is 22.7 Å². The van der Waals surface area contributed by atoms with Crippen LogP contribution in [0.5, 0.6) is 11.5 Å². The van der Waals surface area contributed by atoms with E-state index in [9.17, 15) is 13.2 Å². The second-order valence-electron chi connectivity index (χ2n) is 6.13. The zero-order chi connectivity index (χ0) is 19.6. The summed E-state index contributed by atoms with van der Waals surface area (Å²) in [6, 6.07) is 4.71. The van der Waals surface area contributed by atoms with E-state index in [0.29, 0.717) is 41.7 Å². The zero-order valence-electron chi connectivity index (χ0n) is 15.3. The summed E-state index contributed by atoms with van der Waals surface area (Å²) in [6.07, 6.45) is 2.29. The molecule has 10 heteroatoms. The predicted molar refractivity (Wildman–Crippen MR) is 104 cm³/mol. The number of ether oxygens (including phenoxy) is 2. The molecule has 8 nitrogen and oxygen atoms in total. The van der Waals surface area contributed by atoms with Crippen molar-refractivity contribution in [3.63, 3.8) is 0 Å². The monoisotopic (exact) mass is 411 g/mol. The van der Waals surface area contributed by atoms with Crippen molar-refractivity contribution in [3.8, 4) is 22.8 Å². The highest BCUT2D eigenvalue weighted by atomic mass is 32.2. The SMILES string of the molecule is COc1ccc(-c2csc(NC(=O)[C@H]3CCCN3S(C)(=O)=O)n2)c(OC)c1. The molecular weight excluding hydrogens is 390 g/mol. The molecule has 2 aromatic rings. The van der Waals surface area contributed by atoms with Gasteiger partial charge in [0.25, 0.3) is 0 Å². The molecule has 1 aliphatic heterocycles. The largest absolute Gasteiger partial charge is 0.497 e. The van der Waals surface area contributed by atoms with E-state index in [2.05, 4.69) is 10.3 Å². The van der Waals surface area contributed by atoms with E-state index in [1.165, 1.54) is 15.6 Å². The van der Waals surface area contributed by atoms with Crippen LogP contribution < -0.4 is 14.8 Å². The van der Waals surface area contributed by atoms with Gasteiger partial charge in [-0.2, -0.15) is 4.31 Å². The van der Waals surface area contributed by atoms with Gasteiger partial charge in [-0.25, -0.2) is 13.4 Å². The van der Waals surface area contributed by atoms with Gasteiger partial charge in [-0.1, -0.05) is 0 Å². The molecule has 0 aliphatic carbocycles. The molecule has 27 heavy (non-hydrogen) atoms. The Morgan fingerprint density at radius 1 is 1.33 bits per heavy atom. The number of thiazole rings is 1. The Kier molecular flexibility index (Phi) is 5.68. The van der Waals surface area contributed by atoms with E-state index in [4.69, 9.17) is 9.47 Å². The highest BCUT2D eigenvalue weighted by molar-refractivity contribution is 7.88. The molecule has 0 spiro atoms. The van der Waals surface area contributed by atoms with E-state index in [0.717, 1.165) is 11.8 Å². The summed E-state index contributed by atoms with van der Waals surface area (Å²) in [5.41, 5.74) is 1.43. The average Bonchev–Trinajstić information content (AvgIpc) is 3.30. The van der Waals surface area contributed by atoms with Crippen molar-refractivity contribution in [2.45, 2.75) is 18.9 Å². The lowest BCUT2D eigenvalue weighted by Crippen LogP contribution is -2.42. The number of benzene rings is 1. The van der Waals surface area contributed by atoms with Crippen LogP contribution in [0.1, 0.15) is 12.8 Å². The summed E-state index contributed by atoms with van der Waals surface area (Å²) in [6.45, 7) is 0.364. The Bertz CT molecular complexity index is 942. The number of carbonyl (C=O) groups excluding carboxylic acids is 1. The third kappa shape index (κ3) is 4.23. The fourth-order valence-electron chi connectivity index (χ4n) is 3.05. The highest BCUT2D eigenvalue weighted by Crippen LogP contribution is 2.35. The standard InChI is InChI=1S/C17H21N3O5S2/c1-24-11-6-7-12(15(9-11)25-2)13-10-26-17(18-13)19-16(21)14-5-4-8-20(14)27(3,22)23/h6-7,9-10,14H,4-5,8H2,1-3H3,(H,18,19,21)/t14-/m1/s1. The number of carbonyl (C=O) groups is 1. The molecule has 3 rings (SSSR count). The van der Waals surface area contributed by atoms with Crippen LogP contribution in [0.3, 0.4) is 0 Å². The first-order valence-corrected chi connectivity index (χ1v) is 11.0. The molecule has 1 N–H and O–H groups in total. The maximum atomic E-state index is 12.5. The lowest BCUT2D eigenvalue weighted by atomic mass is 10.1. The summed E-state index contributed by atoms with van der Waals surface area (Å²) < 4.78 is 35.5. The van der Waals surface area contributed by atoms with Gasteiger partial charge in [0.05, 0.1) is 26.2 Å². The first-order valence-electron chi connectivity index (χ1n) is 8.29. The van der Waals surface area contributed by atoms with Gasteiger partial charge >= 0.3 is 0 Å². The molecule has 1 fully saturated rings. The minimum atomic E-state index is -3.42. The fraction of sp³-hybridized carbons (Fsp3) is 0.412. The average molecular weight is 412 g/mol. The molecule has 0 unspecified atom stereocenters. The second kappa shape index (κ2) is 7.83.